The van der Waals surface area contributed by atoms with Gasteiger partial charge in [0.15, 0.2) is 0 Å². The highest BCUT2D eigenvalue weighted by Crippen LogP contribution is 2.43. The molecule has 5 rings (SSSR count). The van der Waals surface area contributed by atoms with Crippen molar-refractivity contribution in [2.75, 3.05) is 32.7 Å². The Kier molecular flexibility index (Phi) is 7.16. The standard InChI is InChI=1S/C29H32ClN5/c1-22-24(19-28(26-8-4-3-7-25(22)26)27-9-5-6-10-29(27)30)20-32-23(2)35-17-15-33(16-18-35)13-14-34-12-11-31-21-34/h3-12,20-21,28H,2,13-19H2,1H3. The molecule has 1 aliphatic heterocycles. The maximum absolute atomic E-state index is 6.62. The molecule has 180 valence electrons. The van der Waals surface area contributed by atoms with Crippen LogP contribution in [-0.4, -0.2) is 58.3 Å². The van der Waals surface area contributed by atoms with Crippen molar-refractivity contribution in [2.24, 2.45) is 4.99 Å². The van der Waals surface area contributed by atoms with Crippen LogP contribution in [0, 0.1) is 0 Å². The molecule has 5 nitrogen and oxygen atoms in total. The second-order valence-corrected chi connectivity index (χ2v) is 9.73. The van der Waals surface area contributed by atoms with Crippen molar-refractivity contribution in [2.45, 2.75) is 25.8 Å². The third kappa shape index (κ3) is 5.26. The molecule has 1 fully saturated rings. The van der Waals surface area contributed by atoms with Crippen molar-refractivity contribution in [3.05, 3.63) is 107 Å². The number of halogens is 1. The molecule has 0 spiro atoms. The van der Waals surface area contributed by atoms with Gasteiger partial charge in [-0.3, -0.25) is 4.90 Å². The lowest BCUT2D eigenvalue weighted by Gasteiger charge is -2.35. The number of aliphatic imine (C=N–C) groups is 1. The van der Waals surface area contributed by atoms with Crippen molar-refractivity contribution >= 4 is 23.4 Å². The molecule has 2 aromatic carbocycles. The molecule has 3 aromatic rings. The number of allylic oxidation sites excluding steroid dienone is 2. The average Bonchev–Trinajstić information content (AvgIpc) is 3.42. The van der Waals surface area contributed by atoms with E-state index in [1.54, 1.807) is 0 Å². The highest BCUT2D eigenvalue weighted by atomic mass is 35.5. The van der Waals surface area contributed by atoms with Crippen LogP contribution < -0.4 is 0 Å². The van der Waals surface area contributed by atoms with E-state index in [0.717, 1.165) is 56.5 Å². The molecule has 0 amide bonds. The van der Waals surface area contributed by atoms with Gasteiger partial charge in [0.1, 0.15) is 5.82 Å². The maximum Gasteiger partial charge on any atom is 0.121 e. The lowest BCUT2D eigenvalue weighted by Crippen LogP contribution is -2.46. The lowest BCUT2D eigenvalue weighted by atomic mass is 9.76. The van der Waals surface area contributed by atoms with E-state index in [9.17, 15) is 0 Å². The quantitative estimate of drug-likeness (QED) is 0.402. The van der Waals surface area contributed by atoms with Crippen LogP contribution in [0.15, 0.2) is 90.2 Å². The molecule has 0 N–H and O–H groups in total. The summed E-state index contributed by atoms with van der Waals surface area (Å²) in [6.07, 6.45) is 8.64. The van der Waals surface area contributed by atoms with Gasteiger partial charge in [0, 0.05) is 68.8 Å². The van der Waals surface area contributed by atoms with Crippen molar-refractivity contribution in [3.8, 4) is 0 Å². The number of benzene rings is 2. The number of hydrogen-bond acceptors (Lipinski definition) is 4. The van der Waals surface area contributed by atoms with Gasteiger partial charge < -0.3 is 9.47 Å². The minimum absolute atomic E-state index is 0.220. The fourth-order valence-corrected chi connectivity index (χ4v) is 5.39. The van der Waals surface area contributed by atoms with Crippen molar-refractivity contribution in [1.29, 1.82) is 0 Å². The molecule has 1 unspecified atom stereocenters. The molecule has 2 aliphatic rings. The van der Waals surface area contributed by atoms with Crippen LogP contribution in [0.2, 0.25) is 5.02 Å². The first kappa shape index (κ1) is 23.6. The summed E-state index contributed by atoms with van der Waals surface area (Å²) in [6.45, 7) is 12.4. The highest BCUT2D eigenvalue weighted by molar-refractivity contribution is 6.31. The van der Waals surface area contributed by atoms with Crippen LogP contribution >= 0.6 is 11.6 Å². The van der Waals surface area contributed by atoms with E-state index in [4.69, 9.17) is 16.6 Å². The number of rotatable bonds is 7. The summed E-state index contributed by atoms with van der Waals surface area (Å²) in [7, 11) is 0. The van der Waals surface area contributed by atoms with Crippen molar-refractivity contribution in [3.63, 3.8) is 0 Å². The van der Waals surface area contributed by atoms with Gasteiger partial charge in [0.2, 0.25) is 0 Å². The van der Waals surface area contributed by atoms with E-state index < -0.39 is 0 Å². The minimum Gasteiger partial charge on any atom is -0.355 e. The highest BCUT2D eigenvalue weighted by Gasteiger charge is 2.26. The van der Waals surface area contributed by atoms with Crippen LogP contribution in [0.1, 0.15) is 36.0 Å². The lowest BCUT2D eigenvalue weighted by molar-refractivity contribution is 0.154. The summed E-state index contributed by atoms with van der Waals surface area (Å²) in [6, 6.07) is 16.8. The number of imidazole rings is 1. The van der Waals surface area contributed by atoms with Crippen LogP contribution in [0.5, 0.6) is 0 Å². The molecule has 35 heavy (non-hydrogen) atoms. The molecule has 6 heteroatoms. The Hall–Kier alpha value is -3.15. The summed E-state index contributed by atoms with van der Waals surface area (Å²) in [5.41, 5.74) is 6.31. The first-order valence-corrected chi connectivity index (χ1v) is 12.7. The van der Waals surface area contributed by atoms with Gasteiger partial charge in [0.25, 0.3) is 0 Å². The molecular weight excluding hydrogens is 454 g/mol. The molecule has 0 radical (unpaired) electrons. The van der Waals surface area contributed by atoms with Crippen LogP contribution in [-0.2, 0) is 6.54 Å². The van der Waals surface area contributed by atoms with Crippen molar-refractivity contribution < 1.29 is 0 Å². The number of nitrogens with zero attached hydrogens (tertiary/aromatic N) is 5. The van der Waals surface area contributed by atoms with Gasteiger partial charge in [-0.05, 0) is 47.2 Å². The number of aromatic nitrogens is 2. The van der Waals surface area contributed by atoms with Gasteiger partial charge >= 0.3 is 0 Å². The van der Waals surface area contributed by atoms with E-state index in [1.807, 2.05) is 37.1 Å². The molecule has 1 aliphatic carbocycles. The molecule has 0 saturated carbocycles. The zero-order valence-corrected chi connectivity index (χ0v) is 21.0. The number of piperazine rings is 1. The third-order valence-electron chi connectivity index (χ3n) is 7.27. The summed E-state index contributed by atoms with van der Waals surface area (Å²) >= 11 is 6.62. The normalized spacial score (nSPS) is 18.8. The molecule has 1 atom stereocenters. The second kappa shape index (κ2) is 10.6. The molecule has 1 aromatic heterocycles. The fourth-order valence-electron chi connectivity index (χ4n) is 5.12. The fraction of sp³-hybridized carbons (Fsp3) is 0.310. The second-order valence-electron chi connectivity index (χ2n) is 9.32. The summed E-state index contributed by atoms with van der Waals surface area (Å²) in [5.74, 6) is 1.06. The zero-order chi connectivity index (χ0) is 24.2. The topological polar surface area (TPSA) is 36.7 Å². The summed E-state index contributed by atoms with van der Waals surface area (Å²) in [4.78, 5) is 13.8. The Morgan fingerprint density at radius 3 is 2.54 bits per heavy atom. The van der Waals surface area contributed by atoms with Gasteiger partial charge in [-0.1, -0.05) is 60.6 Å². The number of fused-ring (bicyclic) bond motifs is 1. The van der Waals surface area contributed by atoms with Crippen LogP contribution in [0.4, 0.5) is 0 Å². The molecular formula is C29H32ClN5. The van der Waals surface area contributed by atoms with E-state index in [2.05, 4.69) is 69.3 Å². The smallest absolute Gasteiger partial charge is 0.121 e. The first-order chi connectivity index (χ1) is 17.1. The Labute approximate surface area is 213 Å². The van der Waals surface area contributed by atoms with E-state index in [0.29, 0.717) is 0 Å². The minimum atomic E-state index is 0.220. The van der Waals surface area contributed by atoms with Gasteiger partial charge in [0.05, 0.1) is 6.33 Å². The monoisotopic (exact) mass is 485 g/mol. The SMILES string of the molecule is C=C(N=CC1=C(C)c2ccccc2C(c2ccccc2Cl)C1)N1CCN(CCn2ccnc2)CC1. The third-order valence-corrected chi connectivity index (χ3v) is 7.61. The Balaban J connectivity index is 1.26. The zero-order valence-electron chi connectivity index (χ0n) is 20.3. The van der Waals surface area contributed by atoms with E-state index >= 15 is 0 Å². The van der Waals surface area contributed by atoms with Gasteiger partial charge in [-0.2, -0.15) is 0 Å². The molecule has 1 saturated heterocycles. The first-order valence-electron chi connectivity index (χ1n) is 12.3. The Morgan fingerprint density at radius 2 is 1.80 bits per heavy atom. The van der Waals surface area contributed by atoms with Crippen molar-refractivity contribution in [1.82, 2.24) is 19.4 Å². The van der Waals surface area contributed by atoms with Gasteiger partial charge in [-0.15, -0.1) is 0 Å². The van der Waals surface area contributed by atoms with Crippen LogP contribution in [0.3, 0.4) is 0 Å². The van der Waals surface area contributed by atoms with E-state index in [-0.39, 0.29) is 5.92 Å². The summed E-state index contributed by atoms with van der Waals surface area (Å²) in [5, 5.41) is 0.818. The van der Waals surface area contributed by atoms with Gasteiger partial charge in [-0.25, -0.2) is 9.98 Å². The maximum atomic E-state index is 6.62. The Morgan fingerprint density at radius 1 is 1.06 bits per heavy atom. The predicted octanol–water partition coefficient (Wildman–Crippen LogP) is 5.71. The van der Waals surface area contributed by atoms with Crippen LogP contribution in [0.25, 0.3) is 5.57 Å². The molecule has 2 heterocycles. The number of hydrogen-bond donors (Lipinski definition) is 0. The summed E-state index contributed by atoms with van der Waals surface area (Å²) < 4.78 is 2.13. The van der Waals surface area contributed by atoms with E-state index in [1.165, 1.54) is 27.8 Å². The predicted molar refractivity (Wildman–Crippen MR) is 145 cm³/mol. The Bertz CT molecular complexity index is 1240. The molecule has 0 bridgehead atoms. The largest absolute Gasteiger partial charge is 0.355 e. The average molecular weight is 486 g/mol.